The summed E-state index contributed by atoms with van der Waals surface area (Å²) >= 11 is 0. The maximum absolute atomic E-state index is 7.16. The van der Waals surface area contributed by atoms with Crippen molar-refractivity contribution in [3.63, 3.8) is 0 Å². The zero-order chi connectivity index (χ0) is 12.8. The zero-order valence-electron chi connectivity index (χ0n) is 10.9. The van der Waals surface area contributed by atoms with Gasteiger partial charge in [-0.2, -0.15) is 0 Å². The molecule has 17 heavy (non-hydrogen) atoms. The minimum absolute atomic E-state index is 0.155. The van der Waals surface area contributed by atoms with Gasteiger partial charge in [-0.05, 0) is 36.0 Å². The number of guanidine groups is 2. The molecule has 96 valence electrons. The summed E-state index contributed by atoms with van der Waals surface area (Å²) in [5.41, 5.74) is 11.5. The Morgan fingerprint density at radius 1 is 1.35 bits per heavy atom. The Morgan fingerprint density at radius 3 is 2.47 bits per heavy atom. The first-order valence-electron chi connectivity index (χ1n) is 6.20. The van der Waals surface area contributed by atoms with Gasteiger partial charge in [0.1, 0.15) is 0 Å². The molecule has 0 aliphatic heterocycles. The average Bonchev–Trinajstić information content (AvgIpc) is 2.63. The summed E-state index contributed by atoms with van der Waals surface area (Å²) in [4.78, 5) is 4.59. The predicted octanol–water partition coefficient (Wildman–Crippen LogP) is 0.999. The molecule has 3 atom stereocenters. The van der Waals surface area contributed by atoms with Crippen LogP contribution in [0.1, 0.15) is 40.0 Å². The third kappa shape index (κ3) is 1.87. The Hall–Kier alpha value is -1.26. The average molecular weight is 237 g/mol. The standard InChI is InChI=1S/C12H23N5/c1-11(2)7-4-5-12(3,6-7)8(11)16-10(15)17-9(13)14/h7-8H,4-6H2,1-3H3,(H6,13,14,15,16,17). The topological polar surface area (TPSA) is 100 Å². The van der Waals surface area contributed by atoms with Gasteiger partial charge in [-0.3, -0.25) is 10.7 Å². The lowest BCUT2D eigenvalue weighted by Gasteiger charge is -2.40. The fourth-order valence-electron chi connectivity index (χ4n) is 3.91. The summed E-state index contributed by atoms with van der Waals surface area (Å²) in [6.07, 6.45) is 3.76. The van der Waals surface area contributed by atoms with Gasteiger partial charge in [0, 0.05) is 0 Å². The molecule has 0 amide bonds. The molecule has 0 radical (unpaired) electrons. The van der Waals surface area contributed by atoms with E-state index in [0.29, 0.717) is 0 Å². The lowest BCUT2D eigenvalue weighted by molar-refractivity contribution is 0.142. The van der Waals surface area contributed by atoms with Gasteiger partial charge < -0.3 is 11.5 Å². The Morgan fingerprint density at radius 2 is 2.00 bits per heavy atom. The van der Waals surface area contributed by atoms with Crippen LogP contribution in [0.5, 0.6) is 0 Å². The Bertz CT molecular complexity index is 368. The SMILES string of the molecule is CC12CCC(C1)C(C)(C)C2N=C(N)NC(=N)N. The highest BCUT2D eigenvalue weighted by molar-refractivity contribution is 5.95. The van der Waals surface area contributed by atoms with Crippen molar-refractivity contribution in [1.82, 2.24) is 5.32 Å². The molecule has 2 aliphatic carbocycles. The van der Waals surface area contributed by atoms with Gasteiger partial charge in [-0.25, -0.2) is 4.99 Å². The van der Waals surface area contributed by atoms with E-state index in [1.165, 1.54) is 19.3 Å². The van der Waals surface area contributed by atoms with E-state index in [0.717, 1.165) is 5.92 Å². The maximum Gasteiger partial charge on any atom is 0.195 e. The molecule has 6 N–H and O–H groups in total. The number of hydrogen-bond acceptors (Lipinski definition) is 2. The molecule has 0 heterocycles. The van der Waals surface area contributed by atoms with Crippen molar-refractivity contribution in [2.45, 2.75) is 46.1 Å². The van der Waals surface area contributed by atoms with Crippen LogP contribution < -0.4 is 16.8 Å². The van der Waals surface area contributed by atoms with Crippen LogP contribution in [0.15, 0.2) is 4.99 Å². The summed E-state index contributed by atoms with van der Waals surface area (Å²) in [5.74, 6) is 0.855. The second-order valence-electron chi connectivity index (χ2n) is 6.37. The van der Waals surface area contributed by atoms with E-state index in [2.05, 4.69) is 31.1 Å². The molecule has 2 rings (SSSR count). The van der Waals surface area contributed by atoms with E-state index < -0.39 is 0 Å². The van der Waals surface area contributed by atoms with Crippen molar-refractivity contribution in [2.24, 2.45) is 33.2 Å². The van der Waals surface area contributed by atoms with E-state index in [1.807, 2.05) is 0 Å². The van der Waals surface area contributed by atoms with Crippen molar-refractivity contribution in [2.75, 3.05) is 0 Å². The minimum atomic E-state index is -0.155. The number of nitrogens with zero attached hydrogens (tertiary/aromatic N) is 1. The van der Waals surface area contributed by atoms with Crippen LogP contribution in [-0.2, 0) is 0 Å². The van der Waals surface area contributed by atoms with Crippen molar-refractivity contribution >= 4 is 11.9 Å². The molecule has 3 unspecified atom stereocenters. The van der Waals surface area contributed by atoms with Gasteiger partial charge in [-0.1, -0.05) is 20.8 Å². The molecule has 2 fully saturated rings. The molecular weight excluding hydrogens is 214 g/mol. The molecule has 2 bridgehead atoms. The van der Waals surface area contributed by atoms with E-state index in [9.17, 15) is 0 Å². The molecule has 2 aliphatic rings. The Balaban J connectivity index is 2.23. The first-order chi connectivity index (χ1) is 7.75. The van der Waals surface area contributed by atoms with Crippen LogP contribution in [0.2, 0.25) is 0 Å². The predicted molar refractivity (Wildman–Crippen MR) is 69.7 cm³/mol. The van der Waals surface area contributed by atoms with Crippen LogP contribution in [0.4, 0.5) is 0 Å². The quantitative estimate of drug-likeness (QED) is 0.404. The summed E-state index contributed by atoms with van der Waals surface area (Å²) in [5, 5.41) is 9.73. The van der Waals surface area contributed by atoms with E-state index in [1.54, 1.807) is 0 Å². The molecule has 0 aromatic carbocycles. The molecule has 5 heteroatoms. The van der Waals surface area contributed by atoms with Gasteiger partial charge in [0.15, 0.2) is 11.9 Å². The summed E-state index contributed by atoms with van der Waals surface area (Å²) < 4.78 is 0. The maximum atomic E-state index is 7.16. The number of rotatable bonds is 1. The summed E-state index contributed by atoms with van der Waals surface area (Å²) in [7, 11) is 0. The van der Waals surface area contributed by atoms with Gasteiger partial charge in [-0.15, -0.1) is 0 Å². The third-order valence-corrected chi connectivity index (χ3v) is 4.72. The molecule has 0 spiro atoms. The molecule has 2 saturated carbocycles. The van der Waals surface area contributed by atoms with E-state index in [4.69, 9.17) is 16.9 Å². The van der Waals surface area contributed by atoms with Crippen LogP contribution in [0.3, 0.4) is 0 Å². The van der Waals surface area contributed by atoms with Gasteiger partial charge in [0.2, 0.25) is 0 Å². The normalized spacial score (nSPS) is 39.4. The van der Waals surface area contributed by atoms with E-state index in [-0.39, 0.29) is 28.8 Å². The second-order valence-corrected chi connectivity index (χ2v) is 6.37. The number of fused-ring (bicyclic) bond motifs is 2. The highest BCUT2D eigenvalue weighted by Crippen LogP contribution is 2.63. The van der Waals surface area contributed by atoms with Crippen molar-refractivity contribution in [1.29, 1.82) is 5.41 Å². The molecule has 0 saturated heterocycles. The van der Waals surface area contributed by atoms with Crippen molar-refractivity contribution < 1.29 is 0 Å². The zero-order valence-corrected chi connectivity index (χ0v) is 10.9. The summed E-state index contributed by atoms with van der Waals surface area (Å²) in [6, 6.07) is 0.223. The summed E-state index contributed by atoms with van der Waals surface area (Å²) in [6.45, 7) is 6.85. The fourth-order valence-corrected chi connectivity index (χ4v) is 3.91. The highest BCUT2D eigenvalue weighted by Gasteiger charge is 2.59. The van der Waals surface area contributed by atoms with Crippen LogP contribution in [0.25, 0.3) is 0 Å². The molecule has 0 aromatic rings. The second kappa shape index (κ2) is 3.62. The lowest BCUT2D eigenvalue weighted by atomic mass is 9.69. The van der Waals surface area contributed by atoms with E-state index >= 15 is 0 Å². The van der Waals surface area contributed by atoms with Crippen molar-refractivity contribution in [3.8, 4) is 0 Å². The van der Waals surface area contributed by atoms with Crippen molar-refractivity contribution in [3.05, 3.63) is 0 Å². The van der Waals surface area contributed by atoms with Crippen LogP contribution in [-0.4, -0.2) is 18.0 Å². The molecule has 5 nitrogen and oxygen atoms in total. The van der Waals surface area contributed by atoms with Gasteiger partial charge in [0.05, 0.1) is 6.04 Å². The fraction of sp³-hybridized carbons (Fsp3) is 0.833. The number of aliphatic imine (C=N–C) groups is 1. The smallest absolute Gasteiger partial charge is 0.195 e. The Kier molecular flexibility index (Phi) is 2.60. The molecular formula is C12H23N5. The van der Waals surface area contributed by atoms with Crippen LogP contribution in [0, 0.1) is 22.2 Å². The third-order valence-electron chi connectivity index (χ3n) is 4.72. The first kappa shape index (κ1) is 12.2. The largest absolute Gasteiger partial charge is 0.370 e. The lowest BCUT2D eigenvalue weighted by Crippen LogP contribution is -2.45. The number of nitrogens with one attached hydrogen (secondary N) is 2. The minimum Gasteiger partial charge on any atom is -0.370 e. The highest BCUT2D eigenvalue weighted by atomic mass is 15.2. The van der Waals surface area contributed by atoms with Gasteiger partial charge in [0.25, 0.3) is 0 Å². The monoisotopic (exact) mass is 237 g/mol. The van der Waals surface area contributed by atoms with Gasteiger partial charge >= 0.3 is 0 Å². The molecule has 0 aromatic heterocycles. The number of hydrogen-bond donors (Lipinski definition) is 4. The number of nitrogens with two attached hydrogens (primary N) is 2. The van der Waals surface area contributed by atoms with Crippen LogP contribution >= 0.6 is 0 Å². The Labute approximate surface area is 103 Å². The first-order valence-corrected chi connectivity index (χ1v) is 6.20.